The number of phenols is 1. The van der Waals surface area contributed by atoms with Gasteiger partial charge >= 0.3 is 0 Å². The van der Waals surface area contributed by atoms with E-state index in [4.69, 9.17) is 0 Å². The van der Waals surface area contributed by atoms with E-state index in [1.54, 1.807) is 37.3 Å². The van der Waals surface area contributed by atoms with Crippen LogP contribution in [0.25, 0.3) is 21.6 Å². The minimum absolute atomic E-state index is 0.0458. The van der Waals surface area contributed by atoms with Crippen LogP contribution in [-0.2, 0) is 13.0 Å². The summed E-state index contributed by atoms with van der Waals surface area (Å²) in [6.07, 6.45) is 0.460. The summed E-state index contributed by atoms with van der Waals surface area (Å²) >= 11 is 1.16. The summed E-state index contributed by atoms with van der Waals surface area (Å²) in [5.74, 6) is 0.113. The Hall–Kier alpha value is -3.06. The molecule has 0 saturated heterocycles. The van der Waals surface area contributed by atoms with Crippen LogP contribution in [0, 0.1) is 12.7 Å². The molecule has 0 radical (unpaired) electrons. The summed E-state index contributed by atoms with van der Waals surface area (Å²) in [5.41, 5.74) is 1.68. The number of para-hydroxylation sites is 1. The molecule has 2 aromatic carbocycles. The van der Waals surface area contributed by atoms with Crippen LogP contribution in [-0.4, -0.2) is 19.0 Å². The first-order chi connectivity index (χ1) is 13.0. The summed E-state index contributed by atoms with van der Waals surface area (Å²) in [6, 6.07) is 13.1. The van der Waals surface area contributed by atoms with E-state index < -0.39 is 0 Å². The smallest absolute Gasteiger partial charge is 0.264 e. The molecule has 0 saturated carbocycles. The molecule has 136 valence electrons. The quantitative estimate of drug-likeness (QED) is 0.582. The van der Waals surface area contributed by atoms with Crippen molar-refractivity contribution in [3.63, 3.8) is 0 Å². The van der Waals surface area contributed by atoms with Gasteiger partial charge in [0.1, 0.15) is 17.4 Å². The highest BCUT2D eigenvalue weighted by molar-refractivity contribution is 7.12. The largest absolute Gasteiger partial charge is 0.507 e. The third-order valence-corrected chi connectivity index (χ3v) is 5.26. The monoisotopic (exact) mass is 381 g/mol. The first-order valence-corrected chi connectivity index (χ1v) is 9.21. The average Bonchev–Trinajstić information content (AvgIpc) is 3.02. The van der Waals surface area contributed by atoms with E-state index in [1.165, 1.54) is 16.7 Å². The Bertz CT molecular complexity index is 1200. The van der Waals surface area contributed by atoms with Gasteiger partial charge in [0, 0.05) is 6.54 Å². The summed E-state index contributed by atoms with van der Waals surface area (Å²) in [6.45, 7) is 2.09. The number of benzene rings is 2. The Labute approximate surface area is 158 Å². The van der Waals surface area contributed by atoms with Crippen molar-refractivity contribution >= 4 is 21.7 Å². The SMILES string of the molecule is Cc1nsc2nc(-c3ccccc3O)n(CCc3cccc(F)c3)c(=O)c12. The minimum atomic E-state index is -0.313. The molecule has 0 aliphatic heterocycles. The van der Waals surface area contributed by atoms with Crippen molar-refractivity contribution in [2.24, 2.45) is 0 Å². The highest BCUT2D eigenvalue weighted by Crippen LogP contribution is 2.29. The number of fused-ring (bicyclic) bond motifs is 1. The fraction of sp³-hybridized carbons (Fsp3) is 0.150. The number of aryl methyl sites for hydroxylation is 2. The fourth-order valence-corrected chi connectivity index (χ4v) is 3.85. The summed E-state index contributed by atoms with van der Waals surface area (Å²) in [7, 11) is 0. The van der Waals surface area contributed by atoms with Crippen molar-refractivity contribution < 1.29 is 9.50 Å². The van der Waals surface area contributed by atoms with Gasteiger partial charge in [-0.2, -0.15) is 4.37 Å². The second-order valence-electron chi connectivity index (χ2n) is 6.24. The summed E-state index contributed by atoms with van der Waals surface area (Å²) in [4.78, 5) is 18.3. The third-order valence-electron chi connectivity index (χ3n) is 4.42. The molecule has 7 heteroatoms. The van der Waals surface area contributed by atoms with Crippen molar-refractivity contribution in [2.75, 3.05) is 0 Å². The maximum Gasteiger partial charge on any atom is 0.264 e. The zero-order valence-electron chi connectivity index (χ0n) is 14.5. The average molecular weight is 381 g/mol. The summed E-state index contributed by atoms with van der Waals surface area (Å²) in [5, 5.41) is 10.7. The van der Waals surface area contributed by atoms with Gasteiger partial charge in [-0.25, -0.2) is 9.37 Å². The molecule has 4 rings (SSSR count). The molecule has 0 spiro atoms. The van der Waals surface area contributed by atoms with Crippen LogP contribution in [0.4, 0.5) is 4.39 Å². The minimum Gasteiger partial charge on any atom is -0.507 e. The summed E-state index contributed by atoms with van der Waals surface area (Å²) < 4.78 is 19.2. The van der Waals surface area contributed by atoms with Gasteiger partial charge in [0.15, 0.2) is 4.83 Å². The topological polar surface area (TPSA) is 68.0 Å². The van der Waals surface area contributed by atoms with E-state index in [2.05, 4.69) is 9.36 Å². The fourth-order valence-electron chi connectivity index (χ4n) is 3.08. The van der Waals surface area contributed by atoms with Gasteiger partial charge < -0.3 is 5.11 Å². The third kappa shape index (κ3) is 3.21. The van der Waals surface area contributed by atoms with Crippen LogP contribution in [0.1, 0.15) is 11.3 Å². The van der Waals surface area contributed by atoms with E-state index in [9.17, 15) is 14.3 Å². The molecule has 0 aliphatic rings. The Balaban J connectivity index is 1.87. The number of hydrogen-bond donors (Lipinski definition) is 1. The Kier molecular flexibility index (Phi) is 4.45. The maximum atomic E-state index is 13.5. The van der Waals surface area contributed by atoms with Crippen molar-refractivity contribution in [1.29, 1.82) is 0 Å². The Morgan fingerprint density at radius 1 is 1.19 bits per heavy atom. The van der Waals surface area contributed by atoms with Crippen molar-refractivity contribution in [3.05, 3.63) is 76.0 Å². The van der Waals surface area contributed by atoms with Gasteiger partial charge in [0.25, 0.3) is 5.56 Å². The van der Waals surface area contributed by atoms with Crippen LogP contribution in [0.2, 0.25) is 0 Å². The number of aromatic hydroxyl groups is 1. The first-order valence-electron chi connectivity index (χ1n) is 8.44. The number of nitrogens with zero attached hydrogens (tertiary/aromatic N) is 3. The molecule has 0 bridgehead atoms. The predicted molar refractivity (Wildman–Crippen MR) is 104 cm³/mol. The maximum absolute atomic E-state index is 13.5. The lowest BCUT2D eigenvalue weighted by molar-refractivity contribution is 0.476. The van der Waals surface area contributed by atoms with E-state index in [0.717, 1.165) is 17.1 Å². The van der Waals surface area contributed by atoms with E-state index in [0.29, 0.717) is 40.3 Å². The molecule has 4 aromatic rings. The molecule has 1 N–H and O–H groups in total. The van der Waals surface area contributed by atoms with Crippen molar-refractivity contribution in [2.45, 2.75) is 19.9 Å². The molecular formula is C20H16FN3O2S. The lowest BCUT2D eigenvalue weighted by Gasteiger charge is -2.13. The number of rotatable bonds is 4. The zero-order valence-corrected chi connectivity index (χ0v) is 15.3. The molecule has 0 fully saturated rings. The highest BCUT2D eigenvalue weighted by Gasteiger charge is 2.18. The molecule has 27 heavy (non-hydrogen) atoms. The van der Waals surface area contributed by atoms with Gasteiger partial charge in [-0.3, -0.25) is 9.36 Å². The van der Waals surface area contributed by atoms with E-state index in [1.807, 2.05) is 6.07 Å². The van der Waals surface area contributed by atoms with Crippen molar-refractivity contribution in [3.8, 4) is 17.1 Å². The van der Waals surface area contributed by atoms with Gasteiger partial charge in [-0.15, -0.1) is 0 Å². The zero-order chi connectivity index (χ0) is 19.0. The lowest BCUT2D eigenvalue weighted by atomic mass is 10.1. The van der Waals surface area contributed by atoms with Crippen molar-refractivity contribution in [1.82, 2.24) is 13.9 Å². The highest BCUT2D eigenvalue weighted by atomic mass is 32.1. The second-order valence-corrected chi connectivity index (χ2v) is 6.99. The molecule has 5 nitrogen and oxygen atoms in total. The van der Waals surface area contributed by atoms with Gasteiger partial charge in [0.05, 0.1) is 16.6 Å². The Morgan fingerprint density at radius 3 is 2.78 bits per heavy atom. The molecule has 2 heterocycles. The van der Waals surface area contributed by atoms with E-state index >= 15 is 0 Å². The normalized spacial score (nSPS) is 11.2. The molecule has 0 unspecified atom stereocenters. The number of aromatic nitrogens is 3. The molecule has 0 atom stereocenters. The Morgan fingerprint density at radius 2 is 2.00 bits per heavy atom. The van der Waals surface area contributed by atoms with Crippen LogP contribution in [0.15, 0.2) is 53.3 Å². The lowest BCUT2D eigenvalue weighted by Crippen LogP contribution is -2.24. The first kappa shape index (κ1) is 17.4. The molecule has 0 aliphatic carbocycles. The number of halogens is 1. The number of hydrogen-bond acceptors (Lipinski definition) is 5. The van der Waals surface area contributed by atoms with E-state index in [-0.39, 0.29) is 17.1 Å². The van der Waals surface area contributed by atoms with Gasteiger partial charge in [0.2, 0.25) is 0 Å². The van der Waals surface area contributed by atoms with Gasteiger partial charge in [-0.1, -0.05) is 24.3 Å². The van der Waals surface area contributed by atoms with Gasteiger partial charge in [-0.05, 0) is 54.7 Å². The van der Waals surface area contributed by atoms with Crippen LogP contribution < -0.4 is 5.56 Å². The molecule has 2 aromatic heterocycles. The van der Waals surface area contributed by atoms with Crippen LogP contribution >= 0.6 is 11.5 Å². The second kappa shape index (κ2) is 6.92. The van der Waals surface area contributed by atoms with Crippen LogP contribution in [0.5, 0.6) is 5.75 Å². The standard InChI is InChI=1S/C20H16FN3O2S/c1-12-17-19(27-23-12)22-18(15-7-2-3-8-16(15)25)24(20(17)26)10-9-13-5-4-6-14(21)11-13/h2-8,11,25H,9-10H2,1H3. The predicted octanol–water partition coefficient (Wildman–Crippen LogP) is 3.92. The van der Waals surface area contributed by atoms with Crippen LogP contribution in [0.3, 0.4) is 0 Å². The number of phenolic OH excluding ortho intramolecular Hbond substituents is 1. The molecule has 0 amide bonds. The molecular weight excluding hydrogens is 365 g/mol.